The number of benzene rings is 3. The highest BCUT2D eigenvalue weighted by molar-refractivity contribution is 9.10. The van der Waals surface area contributed by atoms with Crippen LogP contribution in [0, 0.1) is 13.8 Å². The summed E-state index contributed by atoms with van der Waals surface area (Å²) in [5.41, 5.74) is 3.22. The Morgan fingerprint density at radius 1 is 0.909 bits per heavy atom. The van der Waals surface area contributed by atoms with Crippen molar-refractivity contribution in [3.8, 4) is 5.75 Å². The number of nitrogens with one attached hydrogen (secondary N) is 2. The minimum atomic E-state index is -3.77. The molecule has 33 heavy (non-hydrogen) atoms. The molecule has 0 aliphatic carbocycles. The van der Waals surface area contributed by atoms with Gasteiger partial charge in [-0.05, 0) is 79.6 Å². The van der Waals surface area contributed by atoms with Crippen LogP contribution in [0.2, 0.25) is 0 Å². The van der Waals surface area contributed by atoms with Crippen LogP contribution >= 0.6 is 15.9 Å². The van der Waals surface area contributed by atoms with Crippen molar-refractivity contribution in [1.29, 1.82) is 0 Å². The number of hydrogen-bond acceptors (Lipinski definition) is 5. The van der Waals surface area contributed by atoms with E-state index in [1.54, 1.807) is 37.4 Å². The molecule has 9 heteroatoms. The molecule has 0 atom stereocenters. The van der Waals surface area contributed by atoms with Crippen LogP contribution in [0.1, 0.15) is 21.5 Å². The van der Waals surface area contributed by atoms with Crippen LogP contribution in [0.4, 0.5) is 11.4 Å². The lowest BCUT2D eigenvalue weighted by Crippen LogP contribution is -2.16. The molecule has 3 aromatic carbocycles. The topological polar surface area (TPSA) is 93.7 Å². The van der Waals surface area contributed by atoms with Gasteiger partial charge in [0.25, 0.3) is 15.9 Å². The average molecular weight is 533 g/mol. The number of hydrogen-bond donors (Lipinski definition) is 2. The predicted molar refractivity (Wildman–Crippen MR) is 133 cm³/mol. The first-order valence-corrected chi connectivity index (χ1v) is 12.4. The lowest BCUT2D eigenvalue weighted by molar-refractivity contribution is 0.101. The van der Waals surface area contributed by atoms with Gasteiger partial charge in [0.2, 0.25) is 0 Å². The Morgan fingerprint density at radius 3 is 2.21 bits per heavy atom. The van der Waals surface area contributed by atoms with Crippen molar-refractivity contribution in [2.45, 2.75) is 18.7 Å². The Bertz CT molecular complexity index is 1220. The molecule has 0 aromatic heterocycles. The van der Waals surface area contributed by atoms with E-state index in [2.05, 4.69) is 26.0 Å². The minimum Gasteiger partial charge on any atom is -0.490 e. The monoisotopic (exact) mass is 532 g/mol. The molecule has 0 aliphatic heterocycles. The molecule has 3 aromatic rings. The van der Waals surface area contributed by atoms with Crippen molar-refractivity contribution < 1.29 is 22.7 Å². The number of carbonyl (C=O) groups is 1. The van der Waals surface area contributed by atoms with Gasteiger partial charge >= 0.3 is 0 Å². The van der Waals surface area contributed by atoms with Crippen LogP contribution in [0.3, 0.4) is 0 Å². The molecule has 0 fully saturated rings. The molecule has 7 nitrogen and oxygen atoms in total. The van der Waals surface area contributed by atoms with Crippen LogP contribution < -0.4 is 14.8 Å². The van der Waals surface area contributed by atoms with Gasteiger partial charge in [-0.25, -0.2) is 8.42 Å². The summed E-state index contributed by atoms with van der Waals surface area (Å²) in [4.78, 5) is 12.9. The molecule has 0 bridgehead atoms. The molecule has 174 valence electrons. The number of carbonyl (C=O) groups excluding carboxylic acids is 1. The van der Waals surface area contributed by atoms with Crippen molar-refractivity contribution in [3.63, 3.8) is 0 Å². The van der Waals surface area contributed by atoms with E-state index in [-0.39, 0.29) is 10.8 Å². The van der Waals surface area contributed by atoms with E-state index in [1.165, 1.54) is 24.3 Å². The highest BCUT2D eigenvalue weighted by Crippen LogP contribution is 2.25. The summed E-state index contributed by atoms with van der Waals surface area (Å²) in [5, 5.41) is 2.77. The summed E-state index contributed by atoms with van der Waals surface area (Å²) in [6.07, 6.45) is 0. The summed E-state index contributed by atoms with van der Waals surface area (Å²) in [7, 11) is -2.20. The van der Waals surface area contributed by atoms with Crippen LogP contribution in [0.5, 0.6) is 5.75 Å². The zero-order valence-electron chi connectivity index (χ0n) is 18.5. The Kier molecular flexibility index (Phi) is 8.12. The van der Waals surface area contributed by atoms with Gasteiger partial charge in [0.05, 0.1) is 17.1 Å². The molecule has 0 unspecified atom stereocenters. The number of methoxy groups -OCH3 is 1. The Morgan fingerprint density at radius 2 is 1.58 bits per heavy atom. The molecule has 0 saturated heterocycles. The third-order valence-electron chi connectivity index (χ3n) is 4.63. The van der Waals surface area contributed by atoms with Gasteiger partial charge < -0.3 is 14.8 Å². The van der Waals surface area contributed by atoms with E-state index in [1.807, 2.05) is 19.9 Å². The van der Waals surface area contributed by atoms with Crippen LogP contribution in [0.15, 0.2) is 70.0 Å². The van der Waals surface area contributed by atoms with E-state index < -0.39 is 10.0 Å². The van der Waals surface area contributed by atoms with Crippen LogP contribution in [0.25, 0.3) is 0 Å². The fraction of sp³-hybridized carbons (Fsp3) is 0.208. The predicted octanol–water partition coefficient (Wildman–Crippen LogP) is 5.14. The first-order valence-electron chi connectivity index (χ1n) is 10.1. The van der Waals surface area contributed by atoms with E-state index in [4.69, 9.17) is 9.47 Å². The third kappa shape index (κ3) is 6.80. The standard InChI is InChI=1S/C24H25BrN2O5S/c1-16-12-17(2)14-20(13-16)27-33(29,30)21-7-5-19(6-8-21)26-24(28)22-15-18(25)4-9-23(22)32-11-10-31-3/h4-9,12-15,27H,10-11H2,1-3H3,(H,26,28). The number of ether oxygens (including phenoxy) is 2. The smallest absolute Gasteiger partial charge is 0.261 e. The average Bonchev–Trinajstić information content (AvgIpc) is 2.74. The van der Waals surface area contributed by atoms with Crippen molar-refractivity contribution in [3.05, 3.63) is 81.8 Å². The zero-order valence-corrected chi connectivity index (χ0v) is 20.9. The number of aryl methyl sites for hydroxylation is 2. The molecule has 1 amide bonds. The maximum atomic E-state index is 12.8. The Labute approximate surface area is 202 Å². The van der Waals surface area contributed by atoms with E-state index in [0.717, 1.165) is 15.6 Å². The van der Waals surface area contributed by atoms with Gasteiger partial charge in [0, 0.05) is 23.0 Å². The van der Waals surface area contributed by atoms with E-state index in [9.17, 15) is 13.2 Å². The second-order valence-electron chi connectivity index (χ2n) is 7.44. The lowest BCUT2D eigenvalue weighted by Gasteiger charge is -2.13. The molecule has 0 saturated carbocycles. The molecular formula is C24H25BrN2O5S. The third-order valence-corrected chi connectivity index (χ3v) is 6.52. The van der Waals surface area contributed by atoms with Gasteiger partial charge in [0.1, 0.15) is 12.4 Å². The van der Waals surface area contributed by atoms with Crippen LogP contribution in [-0.4, -0.2) is 34.6 Å². The SMILES string of the molecule is COCCOc1ccc(Br)cc1C(=O)Nc1ccc(S(=O)(=O)Nc2cc(C)cc(C)c2)cc1. The molecule has 0 aliphatic rings. The van der Waals surface area contributed by atoms with Gasteiger partial charge in [-0.1, -0.05) is 22.0 Å². The van der Waals surface area contributed by atoms with Gasteiger partial charge in [-0.15, -0.1) is 0 Å². The quantitative estimate of drug-likeness (QED) is 0.372. The Balaban J connectivity index is 1.74. The highest BCUT2D eigenvalue weighted by atomic mass is 79.9. The summed E-state index contributed by atoms with van der Waals surface area (Å²) >= 11 is 3.37. The summed E-state index contributed by atoms with van der Waals surface area (Å²) in [6.45, 7) is 4.50. The normalized spacial score (nSPS) is 11.2. The second kappa shape index (κ2) is 10.8. The Hall–Kier alpha value is -2.88. The maximum Gasteiger partial charge on any atom is 0.261 e. The second-order valence-corrected chi connectivity index (χ2v) is 10.0. The largest absolute Gasteiger partial charge is 0.490 e. The molecule has 3 rings (SSSR count). The number of rotatable bonds is 9. The van der Waals surface area contributed by atoms with Gasteiger partial charge in [-0.2, -0.15) is 0 Å². The van der Waals surface area contributed by atoms with Crippen molar-refractivity contribution in [2.24, 2.45) is 0 Å². The number of amides is 1. The van der Waals surface area contributed by atoms with E-state index in [0.29, 0.717) is 35.9 Å². The van der Waals surface area contributed by atoms with E-state index >= 15 is 0 Å². The maximum absolute atomic E-state index is 12.8. The fourth-order valence-electron chi connectivity index (χ4n) is 3.20. The molecule has 0 heterocycles. The van der Waals surface area contributed by atoms with Crippen molar-refractivity contribution in [1.82, 2.24) is 0 Å². The van der Waals surface area contributed by atoms with Crippen molar-refractivity contribution >= 4 is 43.2 Å². The summed E-state index contributed by atoms with van der Waals surface area (Å²) in [6, 6.07) is 16.6. The summed E-state index contributed by atoms with van der Waals surface area (Å²) in [5.74, 6) is 0.0391. The van der Waals surface area contributed by atoms with Crippen molar-refractivity contribution in [2.75, 3.05) is 30.4 Å². The first kappa shape index (κ1) is 24.8. The molecule has 0 spiro atoms. The van der Waals surface area contributed by atoms with Crippen LogP contribution in [-0.2, 0) is 14.8 Å². The first-order chi connectivity index (χ1) is 15.7. The van der Waals surface area contributed by atoms with Gasteiger partial charge in [-0.3, -0.25) is 9.52 Å². The summed E-state index contributed by atoms with van der Waals surface area (Å²) < 4.78 is 39.4. The molecule has 0 radical (unpaired) electrons. The molecule has 2 N–H and O–H groups in total. The molecular weight excluding hydrogens is 508 g/mol. The lowest BCUT2D eigenvalue weighted by atomic mass is 10.1. The zero-order chi connectivity index (χ0) is 24.0. The fourth-order valence-corrected chi connectivity index (χ4v) is 4.61. The number of halogens is 1. The number of anilines is 2. The van der Waals surface area contributed by atoms with Gasteiger partial charge in [0.15, 0.2) is 0 Å². The minimum absolute atomic E-state index is 0.0886. The highest BCUT2D eigenvalue weighted by Gasteiger charge is 2.17. The number of sulfonamides is 1.